The molecule has 0 saturated carbocycles. The van der Waals surface area contributed by atoms with E-state index < -0.39 is 0 Å². The third kappa shape index (κ3) is 4.54. The predicted molar refractivity (Wildman–Crippen MR) is 82.4 cm³/mol. The van der Waals surface area contributed by atoms with Gasteiger partial charge in [0.25, 0.3) is 0 Å². The molecule has 1 aliphatic rings. The summed E-state index contributed by atoms with van der Waals surface area (Å²) in [6.45, 7) is 9.52. The molecule has 0 bridgehead atoms. The van der Waals surface area contributed by atoms with E-state index in [1.807, 2.05) is 13.8 Å². The van der Waals surface area contributed by atoms with Crippen molar-refractivity contribution in [3.8, 4) is 0 Å². The molecule has 0 spiro atoms. The Morgan fingerprint density at radius 2 is 2.24 bits per heavy atom. The Bertz CT molecular complexity index is 452. The molecule has 1 saturated heterocycles. The van der Waals surface area contributed by atoms with E-state index in [1.54, 1.807) is 6.07 Å². The standard InChI is InChI=1S/C15H26N4O2/c1-4-19(12-5-7-16-8-6-12)10-14(20)17-15-9-13(11(2)3)18-21-15/h9,11-12,16H,4-8,10H2,1-3H3,(H,17,20). The second kappa shape index (κ2) is 7.56. The van der Waals surface area contributed by atoms with Crippen LogP contribution in [0, 0.1) is 0 Å². The first kappa shape index (κ1) is 16.0. The molecule has 2 heterocycles. The van der Waals surface area contributed by atoms with Gasteiger partial charge in [-0.25, -0.2) is 0 Å². The summed E-state index contributed by atoms with van der Waals surface area (Å²) in [5, 5.41) is 10.1. The van der Waals surface area contributed by atoms with Crippen molar-refractivity contribution in [2.45, 2.75) is 45.6 Å². The van der Waals surface area contributed by atoms with E-state index in [9.17, 15) is 4.79 Å². The van der Waals surface area contributed by atoms with Crippen LogP contribution in [0.3, 0.4) is 0 Å². The van der Waals surface area contributed by atoms with E-state index in [-0.39, 0.29) is 5.91 Å². The second-order valence-corrected chi connectivity index (χ2v) is 5.86. The average molecular weight is 294 g/mol. The second-order valence-electron chi connectivity index (χ2n) is 5.86. The Balaban J connectivity index is 1.86. The lowest BCUT2D eigenvalue weighted by Crippen LogP contribution is -2.46. The molecule has 0 unspecified atom stereocenters. The topological polar surface area (TPSA) is 70.4 Å². The van der Waals surface area contributed by atoms with Gasteiger partial charge in [0.15, 0.2) is 0 Å². The molecule has 6 heteroatoms. The third-order valence-electron chi connectivity index (χ3n) is 3.96. The number of hydrogen-bond donors (Lipinski definition) is 2. The number of carbonyl (C=O) groups excluding carboxylic acids is 1. The van der Waals surface area contributed by atoms with Crippen LogP contribution in [0.1, 0.15) is 45.2 Å². The Hall–Kier alpha value is -1.40. The lowest BCUT2D eigenvalue weighted by molar-refractivity contribution is -0.118. The molecular weight excluding hydrogens is 268 g/mol. The van der Waals surface area contributed by atoms with E-state index in [4.69, 9.17) is 4.52 Å². The lowest BCUT2D eigenvalue weighted by atomic mass is 10.0. The summed E-state index contributed by atoms with van der Waals surface area (Å²) in [7, 11) is 0. The fraction of sp³-hybridized carbons (Fsp3) is 0.733. The van der Waals surface area contributed by atoms with Crippen LogP contribution in [0.2, 0.25) is 0 Å². The maximum absolute atomic E-state index is 12.1. The number of aromatic nitrogens is 1. The summed E-state index contributed by atoms with van der Waals surface area (Å²) in [6, 6.07) is 2.28. The molecule has 1 aromatic rings. The number of hydrogen-bond acceptors (Lipinski definition) is 5. The molecule has 1 fully saturated rings. The van der Waals surface area contributed by atoms with Gasteiger partial charge in [0.05, 0.1) is 12.2 Å². The highest BCUT2D eigenvalue weighted by molar-refractivity contribution is 5.91. The highest BCUT2D eigenvalue weighted by Gasteiger charge is 2.22. The van der Waals surface area contributed by atoms with Gasteiger partial charge in [0.2, 0.25) is 11.8 Å². The zero-order chi connectivity index (χ0) is 15.2. The molecule has 0 radical (unpaired) electrons. The van der Waals surface area contributed by atoms with Gasteiger partial charge in [-0.05, 0) is 38.4 Å². The van der Waals surface area contributed by atoms with E-state index >= 15 is 0 Å². The largest absolute Gasteiger partial charge is 0.338 e. The SMILES string of the molecule is CCN(CC(=O)Nc1cc(C(C)C)no1)C1CCNCC1. The van der Waals surface area contributed by atoms with Gasteiger partial charge in [0, 0.05) is 12.1 Å². The highest BCUT2D eigenvalue weighted by atomic mass is 16.5. The summed E-state index contributed by atoms with van der Waals surface area (Å²) in [4.78, 5) is 14.4. The van der Waals surface area contributed by atoms with Crippen molar-refractivity contribution < 1.29 is 9.32 Å². The number of rotatable bonds is 6. The number of anilines is 1. The van der Waals surface area contributed by atoms with Crippen molar-refractivity contribution in [3.05, 3.63) is 11.8 Å². The number of amides is 1. The molecule has 1 aromatic heterocycles. The molecule has 0 aliphatic carbocycles. The fourth-order valence-electron chi connectivity index (χ4n) is 2.65. The molecule has 21 heavy (non-hydrogen) atoms. The summed E-state index contributed by atoms with van der Waals surface area (Å²) in [5.74, 6) is 0.688. The molecule has 118 valence electrons. The molecule has 6 nitrogen and oxygen atoms in total. The fourth-order valence-corrected chi connectivity index (χ4v) is 2.65. The predicted octanol–water partition coefficient (Wildman–Crippen LogP) is 1.81. The smallest absolute Gasteiger partial charge is 0.240 e. The summed E-state index contributed by atoms with van der Waals surface area (Å²) in [5.41, 5.74) is 0.857. The number of likely N-dealkylation sites (N-methyl/N-ethyl adjacent to an activating group) is 1. The summed E-state index contributed by atoms with van der Waals surface area (Å²) < 4.78 is 5.15. The average Bonchev–Trinajstić information content (AvgIpc) is 2.94. The van der Waals surface area contributed by atoms with Gasteiger partial charge >= 0.3 is 0 Å². The van der Waals surface area contributed by atoms with Gasteiger partial charge in [0.1, 0.15) is 0 Å². The minimum atomic E-state index is -0.0400. The Morgan fingerprint density at radius 3 is 2.81 bits per heavy atom. The summed E-state index contributed by atoms with van der Waals surface area (Å²) >= 11 is 0. The van der Waals surface area contributed by atoms with Gasteiger partial charge in [-0.1, -0.05) is 25.9 Å². The van der Waals surface area contributed by atoms with Gasteiger partial charge in [-0.2, -0.15) is 0 Å². The zero-order valence-corrected chi connectivity index (χ0v) is 13.2. The number of carbonyl (C=O) groups is 1. The van der Waals surface area contributed by atoms with Crippen molar-refractivity contribution in [1.82, 2.24) is 15.4 Å². The number of nitrogens with zero attached hydrogens (tertiary/aromatic N) is 2. The van der Waals surface area contributed by atoms with Crippen molar-refractivity contribution in [2.24, 2.45) is 0 Å². The van der Waals surface area contributed by atoms with E-state index in [0.717, 1.165) is 38.2 Å². The third-order valence-corrected chi connectivity index (χ3v) is 3.96. The Morgan fingerprint density at radius 1 is 1.52 bits per heavy atom. The first-order chi connectivity index (χ1) is 10.1. The first-order valence-electron chi connectivity index (χ1n) is 7.81. The van der Waals surface area contributed by atoms with Crippen molar-refractivity contribution >= 4 is 11.8 Å². The normalized spacial score (nSPS) is 16.6. The van der Waals surface area contributed by atoms with Gasteiger partial charge in [-0.15, -0.1) is 0 Å². The molecule has 1 aliphatic heterocycles. The van der Waals surface area contributed by atoms with E-state index in [2.05, 4.69) is 27.6 Å². The van der Waals surface area contributed by atoms with Crippen LogP contribution < -0.4 is 10.6 Å². The van der Waals surface area contributed by atoms with Gasteiger partial charge in [-0.3, -0.25) is 15.0 Å². The van der Waals surface area contributed by atoms with Crippen LogP contribution >= 0.6 is 0 Å². The van der Waals surface area contributed by atoms with Crippen LogP contribution in [0.25, 0.3) is 0 Å². The van der Waals surface area contributed by atoms with Crippen LogP contribution in [-0.4, -0.2) is 48.2 Å². The molecule has 2 N–H and O–H groups in total. The van der Waals surface area contributed by atoms with Crippen LogP contribution in [0.4, 0.5) is 5.88 Å². The number of piperidine rings is 1. The van der Waals surface area contributed by atoms with Crippen LogP contribution in [0.5, 0.6) is 0 Å². The zero-order valence-electron chi connectivity index (χ0n) is 13.2. The Kier molecular flexibility index (Phi) is 5.76. The minimum Gasteiger partial charge on any atom is -0.338 e. The molecule has 1 amide bonds. The first-order valence-corrected chi connectivity index (χ1v) is 7.81. The number of nitrogens with one attached hydrogen (secondary N) is 2. The van der Waals surface area contributed by atoms with Crippen molar-refractivity contribution in [3.63, 3.8) is 0 Å². The molecule has 0 atom stereocenters. The minimum absolute atomic E-state index is 0.0400. The maximum atomic E-state index is 12.1. The van der Waals surface area contributed by atoms with Crippen LogP contribution in [0.15, 0.2) is 10.6 Å². The summed E-state index contributed by atoms with van der Waals surface area (Å²) in [6.07, 6.45) is 2.20. The molecule has 0 aromatic carbocycles. The Labute approximate surface area is 126 Å². The van der Waals surface area contributed by atoms with Gasteiger partial charge < -0.3 is 9.84 Å². The van der Waals surface area contributed by atoms with Crippen molar-refractivity contribution in [2.75, 3.05) is 31.5 Å². The van der Waals surface area contributed by atoms with Crippen molar-refractivity contribution in [1.29, 1.82) is 0 Å². The lowest BCUT2D eigenvalue weighted by Gasteiger charge is -2.33. The monoisotopic (exact) mass is 294 g/mol. The van der Waals surface area contributed by atoms with E-state index in [1.165, 1.54) is 0 Å². The van der Waals surface area contributed by atoms with Crippen LogP contribution in [-0.2, 0) is 4.79 Å². The van der Waals surface area contributed by atoms with E-state index in [0.29, 0.717) is 24.4 Å². The highest BCUT2D eigenvalue weighted by Crippen LogP contribution is 2.17. The molecule has 2 rings (SSSR count). The maximum Gasteiger partial charge on any atom is 0.240 e. The quantitative estimate of drug-likeness (QED) is 0.837. The molecular formula is C15H26N4O2.